The topological polar surface area (TPSA) is 0 Å². The van der Waals surface area contributed by atoms with Crippen molar-refractivity contribution in [2.45, 2.75) is 58.3 Å². The molecule has 0 radical (unpaired) electrons. The number of hydrogen-bond donors (Lipinski definition) is 0. The van der Waals surface area contributed by atoms with Crippen LogP contribution in [-0.4, -0.2) is 0 Å². The van der Waals surface area contributed by atoms with Gasteiger partial charge in [-0.25, -0.2) is 5.57 Å². The quantitative estimate of drug-likeness (QED) is 0.394. The van der Waals surface area contributed by atoms with E-state index in [1.807, 2.05) is 0 Å². The summed E-state index contributed by atoms with van der Waals surface area (Å²) in [5.41, 5.74) is 7.96. The maximum Gasteiger partial charge on any atom is 0 e. The van der Waals surface area contributed by atoms with Gasteiger partial charge in [0, 0.05) is 25.8 Å². The van der Waals surface area contributed by atoms with Crippen LogP contribution in [0.4, 0.5) is 0 Å². The molecule has 2 aliphatic rings. The molecule has 0 saturated carbocycles. The van der Waals surface area contributed by atoms with E-state index in [1.165, 1.54) is 56.1 Å². The number of hydrogen-bond acceptors (Lipinski definition) is 0. The first-order chi connectivity index (χ1) is 8.40. The third kappa shape index (κ3) is 2.57. The van der Waals surface area contributed by atoms with Gasteiger partial charge in [-0.2, -0.15) is 5.56 Å². The van der Waals surface area contributed by atoms with Crippen LogP contribution in [0.1, 0.15) is 61.3 Å². The van der Waals surface area contributed by atoms with Gasteiger partial charge in [0.05, 0.1) is 0 Å². The van der Waals surface area contributed by atoms with Crippen LogP contribution < -0.4 is 0 Å². The minimum absolute atomic E-state index is 0. The molecule has 2 aliphatic carbocycles. The molecule has 0 aliphatic heterocycles. The van der Waals surface area contributed by atoms with Gasteiger partial charge >= 0.3 is 0 Å². The number of rotatable bonds is 4. The first-order valence-electron chi connectivity index (χ1n) is 7.14. The predicted molar refractivity (Wildman–Crippen MR) is 73.0 cm³/mol. The molecule has 0 fully saturated rings. The van der Waals surface area contributed by atoms with E-state index in [-0.39, 0.29) is 25.8 Å². The third-order valence-electron chi connectivity index (χ3n) is 4.19. The Morgan fingerprint density at radius 3 is 2.78 bits per heavy atom. The minimum Gasteiger partial charge on any atom is -0.268 e. The molecule has 3 rings (SSSR count). The van der Waals surface area contributed by atoms with E-state index in [9.17, 15) is 0 Å². The van der Waals surface area contributed by atoms with Gasteiger partial charge in [0.25, 0.3) is 0 Å². The van der Waals surface area contributed by atoms with Crippen LogP contribution in [-0.2, 0) is 45.1 Å². The van der Waals surface area contributed by atoms with Crippen molar-refractivity contribution < 1.29 is 25.8 Å². The van der Waals surface area contributed by atoms with E-state index in [0.717, 1.165) is 6.42 Å². The molecule has 0 aromatic heterocycles. The zero-order valence-corrected chi connectivity index (χ0v) is 14.9. The molecule has 0 N–H and O–H groups in total. The molecule has 0 amide bonds. The number of unbranched alkanes of at least 4 members (excludes halogenated alkanes) is 2. The fourth-order valence-corrected chi connectivity index (χ4v) is 3.29. The molecule has 0 atom stereocenters. The van der Waals surface area contributed by atoms with Crippen LogP contribution in [0.15, 0.2) is 12.1 Å². The van der Waals surface area contributed by atoms with Crippen LogP contribution in [0.3, 0.4) is 0 Å². The van der Waals surface area contributed by atoms with Crippen LogP contribution in [0.25, 0.3) is 5.57 Å². The fourth-order valence-electron chi connectivity index (χ4n) is 3.29. The monoisotopic (exact) mass is 405 g/mol. The van der Waals surface area contributed by atoms with E-state index in [2.05, 4.69) is 25.1 Å². The summed E-state index contributed by atoms with van der Waals surface area (Å²) in [5, 5.41) is 0. The summed E-state index contributed by atoms with van der Waals surface area (Å²) in [7, 11) is 0. The van der Waals surface area contributed by atoms with Gasteiger partial charge in [0.2, 0.25) is 0 Å². The zero-order valence-electron chi connectivity index (χ0n) is 11.3. The Kier molecular flexibility index (Phi) is 5.00. The van der Waals surface area contributed by atoms with Crippen molar-refractivity contribution >= 4 is 5.57 Å². The maximum atomic E-state index is 3.63. The van der Waals surface area contributed by atoms with E-state index in [4.69, 9.17) is 0 Å². The second kappa shape index (κ2) is 6.32. The van der Waals surface area contributed by atoms with E-state index in [1.54, 1.807) is 16.7 Å². The Hall–Kier alpha value is -0.170. The van der Waals surface area contributed by atoms with E-state index in [0.29, 0.717) is 0 Å². The minimum atomic E-state index is 0. The number of benzene rings is 1. The van der Waals surface area contributed by atoms with Crippen LogP contribution >= 0.6 is 0 Å². The average Bonchev–Trinajstić information content (AvgIpc) is 2.94. The standard InChI is InChI=1S/C17H21.Hf/c1-2-3-4-6-14-11-12-15-10-9-13-7-5-8-16(13)17(14)15;/h9-10H,2-8,12H2,1H3;/q-1;. The molecule has 0 unspecified atom stereocenters. The van der Waals surface area contributed by atoms with E-state index < -0.39 is 0 Å². The molecular formula is C17H21Hf-. The fraction of sp³-hybridized carbons (Fsp3) is 0.529. The first-order valence-corrected chi connectivity index (χ1v) is 7.14. The third-order valence-corrected chi connectivity index (χ3v) is 4.19. The van der Waals surface area contributed by atoms with Gasteiger partial charge in [-0.05, 0) is 19.3 Å². The molecule has 0 bridgehead atoms. The molecule has 1 aromatic carbocycles. The molecule has 1 aromatic rings. The van der Waals surface area contributed by atoms with Crippen LogP contribution in [0.2, 0.25) is 0 Å². The Morgan fingerprint density at radius 1 is 1.11 bits per heavy atom. The Balaban J connectivity index is 0.00000120. The average molecular weight is 404 g/mol. The SMILES string of the molecule is CCCCCC1=[C-]Cc2ccc3c(c21)CCC3.[Hf]. The van der Waals surface area contributed by atoms with Crippen LogP contribution in [0.5, 0.6) is 0 Å². The number of fused-ring (bicyclic) bond motifs is 3. The van der Waals surface area contributed by atoms with Gasteiger partial charge in [-0.1, -0.05) is 50.3 Å². The molecular weight excluding hydrogens is 383 g/mol. The van der Waals surface area contributed by atoms with Crippen molar-refractivity contribution in [3.05, 3.63) is 40.5 Å². The Morgan fingerprint density at radius 2 is 1.94 bits per heavy atom. The van der Waals surface area contributed by atoms with Gasteiger partial charge in [-0.15, -0.1) is 17.5 Å². The van der Waals surface area contributed by atoms with Crippen molar-refractivity contribution in [3.8, 4) is 0 Å². The number of aryl methyl sites for hydroxylation is 1. The second-order valence-corrected chi connectivity index (χ2v) is 5.38. The summed E-state index contributed by atoms with van der Waals surface area (Å²) in [5.74, 6) is 0. The van der Waals surface area contributed by atoms with Gasteiger partial charge < -0.3 is 0 Å². The van der Waals surface area contributed by atoms with Crippen molar-refractivity contribution in [3.63, 3.8) is 0 Å². The van der Waals surface area contributed by atoms with Crippen molar-refractivity contribution in [2.24, 2.45) is 0 Å². The van der Waals surface area contributed by atoms with Gasteiger partial charge in [-0.3, -0.25) is 6.08 Å². The Bertz CT molecular complexity index is 457. The summed E-state index contributed by atoms with van der Waals surface area (Å²) in [6, 6.07) is 4.71. The summed E-state index contributed by atoms with van der Waals surface area (Å²) >= 11 is 0. The second-order valence-electron chi connectivity index (χ2n) is 5.38. The molecule has 1 heteroatoms. The molecule has 94 valence electrons. The van der Waals surface area contributed by atoms with Crippen molar-refractivity contribution in [2.75, 3.05) is 0 Å². The molecule has 18 heavy (non-hydrogen) atoms. The smallest absolute Gasteiger partial charge is 0 e. The summed E-state index contributed by atoms with van der Waals surface area (Å²) in [6.45, 7) is 2.28. The van der Waals surface area contributed by atoms with Crippen molar-refractivity contribution in [1.29, 1.82) is 0 Å². The Labute approximate surface area is 130 Å². The first kappa shape index (κ1) is 14.2. The van der Waals surface area contributed by atoms with E-state index >= 15 is 0 Å². The molecule has 0 heterocycles. The van der Waals surface area contributed by atoms with Gasteiger partial charge in [0.1, 0.15) is 0 Å². The molecule has 0 spiro atoms. The predicted octanol–water partition coefficient (Wildman–Crippen LogP) is 4.50. The summed E-state index contributed by atoms with van der Waals surface area (Å²) < 4.78 is 0. The van der Waals surface area contributed by atoms with Gasteiger partial charge in [0.15, 0.2) is 0 Å². The van der Waals surface area contributed by atoms with Crippen molar-refractivity contribution in [1.82, 2.24) is 0 Å². The molecule has 0 nitrogen and oxygen atoms in total. The normalized spacial score (nSPS) is 15.9. The number of allylic oxidation sites excluding steroid dienone is 2. The maximum absolute atomic E-state index is 3.63. The summed E-state index contributed by atoms with van der Waals surface area (Å²) in [6.07, 6.45) is 13.9. The largest absolute Gasteiger partial charge is 0.268 e. The zero-order chi connectivity index (χ0) is 11.7. The van der Waals surface area contributed by atoms with Crippen LogP contribution in [0, 0.1) is 6.08 Å². The summed E-state index contributed by atoms with van der Waals surface area (Å²) in [4.78, 5) is 0. The molecule has 0 saturated heterocycles.